The Bertz CT molecular complexity index is 986. The quantitative estimate of drug-likeness (QED) is 0.136. The zero-order chi connectivity index (χ0) is 30.5. The van der Waals surface area contributed by atoms with Gasteiger partial charge >= 0.3 is 24.1 Å². The molecule has 0 aromatic heterocycles. The number of carboxylic acid groups (broad SMARTS) is 1. The molecule has 0 amide bonds. The third kappa shape index (κ3) is 12.4. The highest BCUT2D eigenvalue weighted by atomic mass is 16.7. The molecule has 4 atom stereocenters. The smallest absolute Gasteiger partial charge is 0.480 e. The summed E-state index contributed by atoms with van der Waals surface area (Å²) in [5.41, 5.74) is 5.77. The van der Waals surface area contributed by atoms with Gasteiger partial charge in [0.1, 0.15) is 17.7 Å². The number of unbranched alkanes of at least 4 members (excludes halogenated alkanes) is 4. The molecule has 226 valence electrons. The predicted molar refractivity (Wildman–Crippen MR) is 150 cm³/mol. The van der Waals surface area contributed by atoms with E-state index in [2.05, 4.69) is 0 Å². The number of rotatable bonds is 16. The van der Waals surface area contributed by atoms with Gasteiger partial charge in [-0.25, -0.2) is 4.79 Å². The highest BCUT2D eigenvalue weighted by Gasteiger charge is 2.36. The Balaban J connectivity index is 3.37. The normalized spacial score (nSPS) is 14.4. The van der Waals surface area contributed by atoms with Gasteiger partial charge in [0.05, 0.1) is 0 Å². The topological polar surface area (TPSA) is 151 Å². The summed E-state index contributed by atoms with van der Waals surface area (Å²) in [5.74, 6) is -3.61. The number of carboxylic acids is 1. The van der Waals surface area contributed by atoms with E-state index in [0.717, 1.165) is 25.7 Å². The van der Waals surface area contributed by atoms with E-state index in [1.54, 1.807) is 40.7 Å². The molecule has 0 spiro atoms. The van der Waals surface area contributed by atoms with Crippen LogP contribution in [0.2, 0.25) is 0 Å². The number of nitrogens with two attached hydrogens (primary N) is 1. The molecule has 0 radical (unpaired) electrons. The largest absolute Gasteiger partial charge is 0.509 e. The second-order valence-corrected chi connectivity index (χ2v) is 11.1. The first-order valence-electron chi connectivity index (χ1n) is 14.1. The van der Waals surface area contributed by atoms with Crippen molar-refractivity contribution in [3.8, 4) is 11.5 Å². The van der Waals surface area contributed by atoms with E-state index < -0.39 is 53.6 Å². The number of carbonyl (C=O) groups is 4. The van der Waals surface area contributed by atoms with Gasteiger partial charge in [-0.2, -0.15) is 0 Å². The van der Waals surface area contributed by atoms with Gasteiger partial charge in [-0.15, -0.1) is 0 Å². The molecule has 0 aliphatic rings. The summed E-state index contributed by atoms with van der Waals surface area (Å²) in [6.07, 6.45) is 3.65. The van der Waals surface area contributed by atoms with E-state index in [-0.39, 0.29) is 24.3 Å². The molecule has 40 heavy (non-hydrogen) atoms. The molecular formula is C30H47NO9. The van der Waals surface area contributed by atoms with Gasteiger partial charge in [0.15, 0.2) is 11.5 Å². The molecule has 0 fully saturated rings. The monoisotopic (exact) mass is 565 g/mol. The van der Waals surface area contributed by atoms with Gasteiger partial charge in [-0.3, -0.25) is 14.4 Å². The van der Waals surface area contributed by atoms with Crippen molar-refractivity contribution in [2.75, 3.05) is 0 Å². The molecule has 0 aliphatic heterocycles. The Hall–Kier alpha value is -3.14. The summed E-state index contributed by atoms with van der Waals surface area (Å²) in [5, 5.41) is 9.78. The summed E-state index contributed by atoms with van der Waals surface area (Å²) in [6, 6.07) is 3.13. The molecule has 1 aromatic rings. The maximum Gasteiger partial charge on any atom is 0.509 e. The summed E-state index contributed by atoms with van der Waals surface area (Å²) < 4.78 is 21.8. The van der Waals surface area contributed by atoms with Gasteiger partial charge < -0.3 is 29.8 Å². The van der Waals surface area contributed by atoms with Crippen LogP contribution >= 0.6 is 0 Å². The van der Waals surface area contributed by atoms with E-state index in [0.29, 0.717) is 18.4 Å². The third-order valence-electron chi connectivity index (χ3n) is 6.42. The van der Waals surface area contributed by atoms with Crippen molar-refractivity contribution < 1.29 is 43.2 Å². The second-order valence-electron chi connectivity index (χ2n) is 11.1. The maximum atomic E-state index is 12.6. The van der Waals surface area contributed by atoms with Crippen molar-refractivity contribution in [1.82, 2.24) is 0 Å². The van der Waals surface area contributed by atoms with E-state index in [9.17, 15) is 24.3 Å². The lowest BCUT2D eigenvalue weighted by Crippen LogP contribution is -2.43. The summed E-state index contributed by atoms with van der Waals surface area (Å²) in [4.78, 5) is 49.3. The fraction of sp³-hybridized carbons (Fsp3) is 0.667. The molecule has 0 heterocycles. The summed E-state index contributed by atoms with van der Waals surface area (Å²) in [7, 11) is 0. The fourth-order valence-electron chi connectivity index (χ4n) is 4.10. The Morgan fingerprint density at radius 1 is 0.875 bits per heavy atom. The van der Waals surface area contributed by atoms with Crippen LogP contribution < -0.4 is 15.2 Å². The molecule has 3 N–H and O–H groups in total. The highest BCUT2D eigenvalue weighted by Crippen LogP contribution is 2.37. The van der Waals surface area contributed by atoms with Crippen molar-refractivity contribution in [3.63, 3.8) is 0 Å². The van der Waals surface area contributed by atoms with E-state index in [1.165, 1.54) is 12.1 Å². The number of hydrogen-bond donors (Lipinski definition) is 2. The van der Waals surface area contributed by atoms with Crippen molar-refractivity contribution >= 4 is 24.1 Å². The fourth-order valence-corrected chi connectivity index (χ4v) is 4.10. The van der Waals surface area contributed by atoms with Crippen molar-refractivity contribution in [2.45, 2.75) is 123 Å². The predicted octanol–water partition coefficient (Wildman–Crippen LogP) is 6.13. The number of aliphatic carboxylic acids is 1. The third-order valence-corrected chi connectivity index (χ3v) is 6.42. The number of ether oxygens (including phenoxy) is 4. The number of hydrogen-bond acceptors (Lipinski definition) is 9. The van der Waals surface area contributed by atoms with Gasteiger partial charge in [0, 0.05) is 24.7 Å². The van der Waals surface area contributed by atoms with Crippen molar-refractivity contribution in [3.05, 3.63) is 23.8 Å². The zero-order valence-corrected chi connectivity index (χ0v) is 25.0. The van der Waals surface area contributed by atoms with Gasteiger partial charge in [-0.05, 0) is 58.2 Å². The standard InChI is InChI=1S/C30H47NO9/c1-8-10-12-14-24(32)38-22-17-16-21(18-23(22)39-25(33)15-13-11-9-2)26(27(31)28(34)35)19(3)20(4)37-29(36)40-30(5,6)7/h16-20,26-27H,8-15,31H2,1-7H3,(H,34,35)/t19?,20?,26?,27-/m0/s1. The second kappa shape index (κ2) is 16.8. The molecule has 10 heteroatoms. The molecule has 0 bridgehead atoms. The Morgan fingerprint density at radius 3 is 1.88 bits per heavy atom. The van der Waals surface area contributed by atoms with E-state index in [4.69, 9.17) is 24.7 Å². The minimum Gasteiger partial charge on any atom is -0.480 e. The molecular weight excluding hydrogens is 518 g/mol. The SMILES string of the molecule is CCCCCC(=O)Oc1ccc(C(C(C)C(C)OC(=O)OC(C)(C)C)[C@H](N)C(=O)O)cc1OC(=O)CCCCC. The lowest BCUT2D eigenvalue weighted by Gasteiger charge is -2.32. The number of esters is 2. The van der Waals surface area contributed by atoms with Gasteiger partial charge in [0.2, 0.25) is 0 Å². The van der Waals surface area contributed by atoms with Gasteiger partial charge in [0.25, 0.3) is 0 Å². The first-order chi connectivity index (χ1) is 18.7. The zero-order valence-electron chi connectivity index (χ0n) is 25.0. The van der Waals surface area contributed by atoms with Crippen LogP contribution in [-0.4, -0.2) is 46.9 Å². The summed E-state index contributed by atoms with van der Waals surface area (Å²) >= 11 is 0. The summed E-state index contributed by atoms with van der Waals surface area (Å²) in [6.45, 7) is 12.5. The minimum atomic E-state index is -1.38. The van der Waals surface area contributed by atoms with Crippen LogP contribution in [0, 0.1) is 5.92 Å². The first kappa shape index (κ1) is 34.9. The highest BCUT2D eigenvalue weighted by molar-refractivity contribution is 5.77. The first-order valence-corrected chi connectivity index (χ1v) is 14.1. The lowest BCUT2D eigenvalue weighted by atomic mass is 9.79. The van der Waals surface area contributed by atoms with Crippen LogP contribution in [0.25, 0.3) is 0 Å². The lowest BCUT2D eigenvalue weighted by molar-refractivity contribution is -0.140. The Labute approximate surface area is 237 Å². The van der Waals surface area contributed by atoms with Crippen molar-refractivity contribution in [2.24, 2.45) is 11.7 Å². The molecule has 0 aliphatic carbocycles. The molecule has 1 aromatic carbocycles. The Kier molecular flexibility index (Phi) is 14.7. The van der Waals surface area contributed by atoms with E-state index >= 15 is 0 Å². The van der Waals surface area contributed by atoms with Gasteiger partial charge in [-0.1, -0.05) is 52.5 Å². The molecule has 10 nitrogen and oxygen atoms in total. The maximum absolute atomic E-state index is 12.6. The van der Waals surface area contributed by atoms with Crippen LogP contribution in [0.5, 0.6) is 11.5 Å². The van der Waals surface area contributed by atoms with Crippen LogP contribution in [0.3, 0.4) is 0 Å². The molecule has 3 unspecified atom stereocenters. The Morgan fingerprint density at radius 2 is 1.40 bits per heavy atom. The average Bonchev–Trinajstić information content (AvgIpc) is 2.84. The van der Waals surface area contributed by atoms with Crippen LogP contribution in [0.15, 0.2) is 18.2 Å². The molecule has 0 saturated carbocycles. The van der Waals surface area contributed by atoms with Crippen molar-refractivity contribution in [1.29, 1.82) is 0 Å². The minimum absolute atomic E-state index is 0.00153. The van der Waals surface area contributed by atoms with Crippen LogP contribution in [0.4, 0.5) is 4.79 Å². The number of benzene rings is 1. The van der Waals surface area contributed by atoms with Crippen LogP contribution in [-0.2, 0) is 23.9 Å². The van der Waals surface area contributed by atoms with E-state index in [1.807, 2.05) is 13.8 Å². The van der Waals surface area contributed by atoms with Crippen LogP contribution in [0.1, 0.15) is 111 Å². The molecule has 1 rings (SSSR count). The number of carbonyl (C=O) groups excluding carboxylic acids is 3. The average molecular weight is 566 g/mol. The molecule has 0 saturated heterocycles.